The highest BCUT2D eigenvalue weighted by Crippen LogP contribution is 2.25. The highest BCUT2D eigenvalue weighted by molar-refractivity contribution is 14.1. The molecule has 0 bridgehead atoms. The minimum atomic E-state index is -0.557. The van der Waals surface area contributed by atoms with Crippen LogP contribution in [0.3, 0.4) is 0 Å². The smallest absolute Gasteiger partial charge is 0.338 e. The third kappa shape index (κ3) is 6.01. The number of benzene rings is 2. The summed E-state index contributed by atoms with van der Waals surface area (Å²) in [5, 5.41) is 35.8. The number of anilines is 1. The van der Waals surface area contributed by atoms with Gasteiger partial charge in [-0.2, -0.15) is 21.0 Å². The van der Waals surface area contributed by atoms with Crippen LogP contribution in [0.1, 0.15) is 67.9 Å². The van der Waals surface area contributed by atoms with Gasteiger partial charge in [-0.15, -0.1) is 0 Å². The monoisotopic (exact) mass is 569 g/mol. The summed E-state index contributed by atoms with van der Waals surface area (Å²) in [6.07, 6.45) is 0. The minimum Gasteiger partial charge on any atom is -0.462 e. The molecule has 2 aromatic carbocycles. The fourth-order valence-electron chi connectivity index (χ4n) is 2.84. The lowest BCUT2D eigenvalue weighted by Gasteiger charge is -2.10. The van der Waals surface area contributed by atoms with Gasteiger partial charge in [0.05, 0.1) is 52.3 Å². The normalized spacial score (nSPS) is 9.21. The second kappa shape index (κ2) is 12.8. The Hall–Kier alpha value is -4.13. The van der Waals surface area contributed by atoms with Crippen molar-refractivity contribution < 1.29 is 19.1 Å². The Balaban J connectivity index is 0.000000340. The molecule has 0 fully saturated rings. The van der Waals surface area contributed by atoms with Crippen LogP contribution in [0.4, 0.5) is 5.69 Å². The Kier molecular flexibility index (Phi) is 10.5. The van der Waals surface area contributed by atoms with Crippen LogP contribution in [0.25, 0.3) is 0 Å². The molecule has 0 aliphatic rings. The number of halogens is 1. The fraction of sp³-hybridized carbons (Fsp3) is 0.250. The predicted octanol–water partition coefficient (Wildman–Crippen LogP) is 4.02. The van der Waals surface area contributed by atoms with Gasteiger partial charge in [-0.1, -0.05) is 0 Å². The topological polar surface area (TPSA) is 174 Å². The Bertz CT molecular complexity index is 1210. The first-order valence-electron chi connectivity index (χ1n) is 9.83. The highest BCUT2D eigenvalue weighted by Gasteiger charge is 2.19. The molecule has 0 saturated carbocycles. The van der Waals surface area contributed by atoms with Crippen LogP contribution in [-0.4, -0.2) is 25.2 Å². The zero-order chi connectivity index (χ0) is 26.0. The molecule has 2 rings (SSSR count). The van der Waals surface area contributed by atoms with Crippen LogP contribution >= 0.6 is 22.6 Å². The maximum absolute atomic E-state index is 11.7. The number of rotatable bonds is 4. The van der Waals surface area contributed by atoms with Crippen molar-refractivity contribution in [3.05, 3.63) is 60.2 Å². The molecule has 2 aromatic rings. The highest BCUT2D eigenvalue weighted by atomic mass is 127. The lowest BCUT2D eigenvalue weighted by molar-refractivity contribution is 0.0515. The van der Waals surface area contributed by atoms with Gasteiger partial charge in [0.15, 0.2) is 0 Å². The molecule has 2 N–H and O–H groups in total. The van der Waals surface area contributed by atoms with Crippen molar-refractivity contribution in [1.82, 2.24) is 0 Å². The van der Waals surface area contributed by atoms with E-state index in [0.717, 1.165) is 0 Å². The second-order valence-corrected chi connectivity index (χ2v) is 7.64. The number of hydrogen-bond acceptors (Lipinski definition) is 9. The minimum absolute atomic E-state index is 0.0977. The molecule has 0 radical (unpaired) electrons. The Morgan fingerprint density at radius 1 is 0.824 bits per heavy atom. The largest absolute Gasteiger partial charge is 0.462 e. The number of nitriles is 4. The molecule has 0 heterocycles. The molecule has 0 spiro atoms. The molecule has 0 atom stereocenters. The van der Waals surface area contributed by atoms with E-state index in [0.29, 0.717) is 25.8 Å². The molecule has 172 valence electrons. The van der Waals surface area contributed by atoms with Gasteiger partial charge in [0.2, 0.25) is 0 Å². The van der Waals surface area contributed by atoms with Crippen LogP contribution in [-0.2, 0) is 9.47 Å². The summed E-state index contributed by atoms with van der Waals surface area (Å²) >= 11 is 1.93. The Morgan fingerprint density at radius 2 is 1.24 bits per heavy atom. The van der Waals surface area contributed by atoms with E-state index >= 15 is 0 Å². The van der Waals surface area contributed by atoms with Crippen LogP contribution in [0.2, 0.25) is 0 Å². The van der Waals surface area contributed by atoms with Crippen LogP contribution in [0.5, 0.6) is 0 Å². The van der Waals surface area contributed by atoms with E-state index in [1.54, 1.807) is 27.7 Å². The SMILES string of the molecule is CCOC(=O)c1cc(C#N)c(I)c(C#N)c1C.CCOC(=O)c1cc(C#N)c(N)c(C#N)c1C. The number of nitrogens with two attached hydrogens (primary N) is 1. The molecule has 0 aromatic heterocycles. The van der Waals surface area contributed by atoms with Crippen molar-refractivity contribution in [3.8, 4) is 24.3 Å². The summed E-state index contributed by atoms with van der Waals surface area (Å²) in [5.74, 6) is -1.06. The van der Waals surface area contributed by atoms with Crippen molar-refractivity contribution in [1.29, 1.82) is 21.0 Å². The van der Waals surface area contributed by atoms with Crippen LogP contribution in [0, 0.1) is 62.7 Å². The molecular formula is C24H20IN5O4. The van der Waals surface area contributed by atoms with E-state index in [2.05, 4.69) is 0 Å². The van der Waals surface area contributed by atoms with Gasteiger partial charge in [0.25, 0.3) is 0 Å². The third-order valence-electron chi connectivity index (χ3n) is 4.61. The number of esters is 2. The van der Waals surface area contributed by atoms with E-state index in [1.165, 1.54) is 12.1 Å². The predicted molar refractivity (Wildman–Crippen MR) is 130 cm³/mol. The zero-order valence-corrected chi connectivity index (χ0v) is 21.1. The summed E-state index contributed by atoms with van der Waals surface area (Å²) in [7, 11) is 0. The molecule has 0 saturated heterocycles. The van der Waals surface area contributed by atoms with Crippen molar-refractivity contribution in [3.63, 3.8) is 0 Å². The van der Waals surface area contributed by atoms with Crippen molar-refractivity contribution in [2.45, 2.75) is 27.7 Å². The van der Waals surface area contributed by atoms with Gasteiger partial charge in [-0.05, 0) is 73.5 Å². The molecule has 9 nitrogen and oxygen atoms in total. The van der Waals surface area contributed by atoms with E-state index in [-0.39, 0.29) is 41.2 Å². The summed E-state index contributed by atoms with van der Waals surface area (Å²) in [6.45, 7) is 7.15. The van der Waals surface area contributed by atoms with Gasteiger partial charge in [-0.25, -0.2) is 9.59 Å². The molecule has 0 aliphatic heterocycles. The van der Waals surface area contributed by atoms with Gasteiger partial charge in [0, 0.05) is 3.57 Å². The molecule has 0 aliphatic carbocycles. The third-order valence-corrected chi connectivity index (χ3v) is 5.73. The zero-order valence-electron chi connectivity index (χ0n) is 18.9. The average molecular weight is 569 g/mol. The van der Waals surface area contributed by atoms with E-state index in [9.17, 15) is 9.59 Å². The van der Waals surface area contributed by atoms with Gasteiger partial charge in [0.1, 0.15) is 24.3 Å². The lowest BCUT2D eigenvalue weighted by Crippen LogP contribution is -2.10. The van der Waals surface area contributed by atoms with Gasteiger partial charge >= 0.3 is 11.9 Å². The number of nitrogens with zero attached hydrogens (tertiary/aromatic N) is 4. The quantitative estimate of drug-likeness (QED) is 0.324. The lowest BCUT2D eigenvalue weighted by atomic mass is 9.97. The number of ether oxygens (including phenoxy) is 2. The number of hydrogen-bond donors (Lipinski definition) is 1. The van der Waals surface area contributed by atoms with Crippen molar-refractivity contribution in [2.75, 3.05) is 18.9 Å². The van der Waals surface area contributed by atoms with Crippen LogP contribution < -0.4 is 5.73 Å². The summed E-state index contributed by atoms with van der Waals surface area (Å²) in [6, 6.07) is 10.5. The standard InChI is InChI=1S/C12H9IN2O2.C12H11N3O2/c1-3-17-12(16)9-4-8(5-14)11(13)10(6-15)7(9)2;1-3-17-12(16)9-4-8(5-13)11(15)10(6-14)7(9)2/h4H,3H2,1-2H3;4H,3,15H2,1-2H3. The van der Waals surface area contributed by atoms with Crippen molar-refractivity contribution >= 4 is 40.2 Å². The first-order chi connectivity index (χ1) is 16.1. The summed E-state index contributed by atoms with van der Waals surface area (Å²) < 4.78 is 10.3. The van der Waals surface area contributed by atoms with Crippen molar-refractivity contribution in [2.24, 2.45) is 0 Å². The Morgan fingerprint density at radius 3 is 1.62 bits per heavy atom. The van der Waals surface area contributed by atoms with E-state index in [1.807, 2.05) is 46.9 Å². The number of carbonyl (C=O) groups is 2. The van der Waals surface area contributed by atoms with E-state index < -0.39 is 11.9 Å². The molecular weight excluding hydrogens is 549 g/mol. The maximum atomic E-state index is 11.7. The first kappa shape index (κ1) is 27.9. The first-order valence-corrected chi connectivity index (χ1v) is 10.9. The second-order valence-electron chi connectivity index (χ2n) is 6.56. The average Bonchev–Trinajstić information content (AvgIpc) is 2.81. The summed E-state index contributed by atoms with van der Waals surface area (Å²) in [5.41, 5.74) is 8.14. The Labute approximate surface area is 211 Å². The number of nitrogen functional groups attached to an aromatic ring is 1. The summed E-state index contributed by atoms with van der Waals surface area (Å²) in [4.78, 5) is 23.3. The van der Waals surface area contributed by atoms with E-state index in [4.69, 9.17) is 36.3 Å². The van der Waals surface area contributed by atoms with Gasteiger partial charge < -0.3 is 15.2 Å². The molecule has 0 unspecified atom stereocenters. The fourth-order valence-corrected chi connectivity index (χ4v) is 3.65. The number of carbonyl (C=O) groups excluding carboxylic acids is 2. The molecule has 34 heavy (non-hydrogen) atoms. The molecule has 0 amide bonds. The molecule has 10 heteroatoms. The maximum Gasteiger partial charge on any atom is 0.338 e. The van der Waals surface area contributed by atoms with Crippen LogP contribution in [0.15, 0.2) is 12.1 Å². The van der Waals surface area contributed by atoms with Gasteiger partial charge in [-0.3, -0.25) is 0 Å².